The zero-order valence-electron chi connectivity index (χ0n) is 19.8. The van der Waals surface area contributed by atoms with Gasteiger partial charge in [0, 0.05) is 12.0 Å². The van der Waals surface area contributed by atoms with Crippen molar-refractivity contribution < 1.29 is 14.1 Å². The summed E-state index contributed by atoms with van der Waals surface area (Å²) in [5.41, 5.74) is -0.483. The van der Waals surface area contributed by atoms with Crippen LogP contribution in [0.25, 0.3) is 0 Å². The number of aromatic nitrogens is 2. The third kappa shape index (κ3) is 9.15. The molecule has 1 fully saturated rings. The summed E-state index contributed by atoms with van der Waals surface area (Å²) in [6.45, 7) is 10.6. The van der Waals surface area contributed by atoms with Crippen LogP contribution in [0, 0.1) is 5.92 Å². The fraction of sp³-hybridized carbons (Fsp3) is 0.875. The van der Waals surface area contributed by atoms with E-state index in [4.69, 9.17) is 9.26 Å². The Bertz CT molecular complexity index is 613. The Morgan fingerprint density at radius 2 is 1.90 bits per heavy atom. The molecule has 0 spiro atoms. The van der Waals surface area contributed by atoms with Gasteiger partial charge in [-0.3, -0.25) is 4.79 Å². The molecular formula is C24H43N3O3. The molecule has 1 aromatic rings. The van der Waals surface area contributed by atoms with E-state index in [9.17, 15) is 4.79 Å². The van der Waals surface area contributed by atoms with E-state index in [1.54, 1.807) is 0 Å². The molecular weight excluding hydrogens is 378 g/mol. The van der Waals surface area contributed by atoms with Crippen molar-refractivity contribution in [3.63, 3.8) is 0 Å². The number of hydrogen-bond donors (Lipinski definition) is 1. The molecule has 0 bridgehead atoms. The van der Waals surface area contributed by atoms with Crippen molar-refractivity contribution >= 4 is 5.97 Å². The number of esters is 1. The lowest BCUT2D eigenvalue weighted by atomic mass is 9.84. The molecule has 30 heavy (non-hydrogen) atoms. The van der Waals surface area contributed by atoms with Crippen molar-refractivity contribution in [3.8, 4) is 0 Å². The van der Waals surface area contributed by atoms with Gasteiger partial charge in [-0.2, -0.15) is 4.98 Å². The molecule has 1 heterocycles. The molecule has 1 unspecified atom stereocenters. The van der Waals surface area contributed by atoms with Crippen molar-refractivity contribution in [2.75, 3.05) is 0 Å². The molecule has 6 nitrogen and oxygen atoms in total. The fourth-order valence-corrected chi connectivity index (χ4v) is 4.34. The van der Waals surface area contributed by atoms with Crippen molar-refractivity contribution in [2.45, 2.75) is 129 Å². The van der Waals surface area contributed by atoms with Gasteiger partial charge >= 0.3 is 5.97 Å². The Labute approximate surface area is 182 Å². The summed E-state index contributed by atoms with van der Waals surface area (Å²) in [5, 5.41) is 7.63. The predicted octanol–water partition coefficient (Wildman–Crippen LogP) is 5.91. The molecule has 0 aromatic carbocycles. The van der Waals surface area contributed by atoms with Gasteiger partial charge in [0.05, 0.1) is 13.0 Å². The second-order valence-electron chi connectivity index (χ2n) is 9.87. The molecule has 1 aliphatic rings. The summed E-state index contributed by atoms with van der Waals surface area (Å²) >= 11 is 0. The van der Waals surface area contributed by atoms with Crippen LogP contribution in [0.2, 0.25) is 0 Å². The lowest BCUT2D eigenvalue weighted by molar-refractivity contribution is -0.155. The molecule has 0 aliphatic heterocycles. The van der Waals surface area contributed by atoms with Gasteiger partial charge in [-0.1, -0.05) is 63.9 Å². The number of nitrogens with one attached hydrogen (secondary N) is 1. The first-order valence-electron chi connectivity index (χ1n) is 12.1. The van der Waals surface area contributed by atoms with E-state index < -0.39 is 5.60 Å². The van der Waals surface area contributed by atoms with E-state index in [1.165, 1.54) is 38.5 Å². The van der Waals surface area contributed by atoms with Gasteiger partial charge in [-0.25, -0.2) is 0 Å². The smallest absolute Gasteiger partial charge is 0.307 e. The minimum absolute atomic E-state index is 0.0714. The quantitative estimate of drug-likeness (QED) is 0.422. The van der Waals surface area contributed by atoms with Gasteiger partial charge in [0.25, 0.3) is 0 Å². The summed E-state index contributed by atoms with van der Waals surface area (Å²) in [6, 6.07) is 0.458. The van der Waals surface area contributed by atoms with Crippen LogP contribution in [-0.2, 0) is 16.1 Å². The van der Waals surface area contributed by atoms with E-state index >= 15 is 0 Å². The standard InChI is InChI=1S/C24H43N3O3/c1-6-20(7-2)25-17-21-26-23(30-27-21)19(16-22(28)29-24(3,4)5)15-11-14-18-12-9-8-10-13-18/h18-20,25H,6-17H2,1-5H3. The maximum atomic E-state index is 12.5. The second kappa shape index (κ2) is 12.4. The van der Waals surface area contributed by atoms with Crippen LogP contribution in [-0.4, -0.2) is 27.8 Å². The average Bonchev–Trinajstić information content (AvgIpc) is 3.16. The topological polar surface area (TPSA) is 77.2 Å². The maximum Gasteiger partial charge on any atom is 0.307 e. The van der Waals surface area contributed by atoms with Gasteiger partial charge in [0.1, 0.15) is 5.60 Å². The first kappa shape index (κ1) is 24.8. The van der Waals surface area contributed by atoms with Crippen molar-refractivity contribution in [1.82, 2.24) is 15.5 Å². The minimum Gasteiger partial charge on any atom is -0.460 e. The normalized spacial score (nSPS) is 16.7. The van der Waals surface area contributed by atoms with Crippen LogP contribution in [0.4, 0.5) is 0 Å². The molecule has 1 aliphatic carbocycles. The highest BCUT2D eigenvalue weighted by atomic mass is 16.6. The number of nitrogens with zero attached hydrogens (tertiary/aromatic N) is 2. The summed E-state index contributed by atoms with van der Waals surface area (Å²) in [7, 11) is 0. The molecule has 0 radical (unpaired) electrons. The molecule has 2 rings (SSSR count). The summed E-state index contributed by atoms with van der Waals surface area (Å²) in [4.78, 5) is 17.1. The number of rotatable bonds is 12. The lowest BCUT2D eigenvalue weighted by Crippen LogP contribution is -2.27. The summed E-state index contributed by atoms with van der Waals surface area (Å²) in [5.74, 6) is 1.81. The third-order valence-corrected chi connectivity index (χ3v) is 6.09. The van der Waals surface area contributed by atoms with Crippen molar-refractivity contribution in [3.05, 3.63) is 11.7 Å². The number of carbonyl (C=O) groups excluding carboxylic acids is 1. The van der Waals surface area contributed by atoms with Crippen LogP contribution >= 0.6 is 0 Å². The highest BCUT2D eigenvalue weighted by molar-refractivity contribution is 5.70. The molecule has 0 saturated heterocycles. The Hall–Kier alpha value is -1.43. The maximum absolute atomic E-state index is 12.5. The molecule has 1 aromatic heterocycles. The van der Waals surface area contributed by atoms with Crippen LogP contribution in [0.5, 0.6) is 0 Å². The SMILES string of the molecule is CCC(CC)NCc1noc(C(CCCC2CCCCC2)CC(=O)OC(C)(C)C)n1. The summed E-state index contributed by atoms with van der Waals surface area (Å²) < 4.78 is 11.2. The molecule has 1 N–H and O–H groups in total. The molecule has 0 amide bonds. The van der Waals surface area contributed by atoms with E-state index in [-0.39, 0.29) is 11.9 Å². The highest BCUT2D eigenvalue weighted by Gasteiger charge is 2.26. The Balaban J connectivity index is 1.96. The Morgan fingerprint density at radius 3 is 2.53 bits per heavy atom. The van der Waals surface area contributed by atoms with E-state index in [0.29, 0.717) is 30.7 Å². The van der Waals surface area contributed by atoms with Crippen LogP contribution in [0.1, 0.15) is 123 Å². The first-order chi connectivity index (χ1) is 14.3. The minimum atomic E-state index is -0.483. The predicted molar refractivity (Wildman–Crippen MR) is 119 cm³/mol. The van der Waals surface area contributed by atoms with Gasteiger partial charge in [-0.15, -0.1) is 0 Å². The molecule has 6 heteroatoms. The van der Waals surface area contributed by atoms with Crippen molar-refractivity contribution in [2.24, 2.45) is 5.92 Å². The van der Waals surface area contributed by atoms with Gasteiger partial charge < -0.3 is 14.6 Å². The molecule has 1 atom stereocenters. The van der Waals surface area contributed by atoms with E-state index in [2.05, 4.69) is 29.3 Å². The number of carbonyl (C=O) groups is 1. The molecule has 1 saturated carbocycles. The fourth-order valence-electron chi connectivity index (χ4n) is 4.34. The number of hydrogen-bond acceptors (Lipinski definition) is 6. The Kier molecular flexibility index (Phi) is 10.3. The first-order valence-corrected chi connectivity index (χ1v) is 12.1. The zero-order valence-corrected chi connectivity index (χ0v) is 19.8. The second-order valence-corrected chi connectivity index (χ2v) is 9.87. The number of ether oxygens (including phenoxy) is 1. The van der Waals surface area contributed by atoms with Gasteiger partial charge in [0.2, 0.25) is 5.89 Å². The van der Waals surface area contributed by atoms with Crippen LogP contribution in [0.15, 0.2) is 4.52 Å². The monoisotopic (exact) mass is 421 g/mol. The lowest BCUT2D eigenvalue weighted by Gasteiger charge is -2.23. The largest absolute Gasteiger partial charge is 0.460 e. The van der Waals surface area contributed by atoms with E-state index in [1.807, 2.05) is 20.8 Å². The van der Waals surface area contributed by atoms with Crippen molar-refractivity contribution in [1.29, 1.82) is 0 Å². The van der Waals surface area contributed by atoms with Gasteiger partial charge in [-0.05, 0) is 46.0 Å². The summed E-state index contributed by atoms with van der Waals surface area (Å²) in [6.07, 6.45) is 12.4. The van der Waals surface area contributed by atoms with E-state index in [0.717, 1.165) is 31.6 Å². The Morgan fingerprint density at radius 1 is 1.20 bits per heavy atom. The van der Waals surface area contributed by atoms with Crippen LogP contribution < -0.4 is 5.32 Å². The third-order valence-electron chi connectivity index (χ3n) is 6.09. The average molecular weight is 422 g/mol. The van der Waals surface area contributed by atoms with Gasteiger partial charge in [0.15, 0.2) is 5.82 Å². The van der Waals surface area contributed by atoms with Crippen LogP contribution in [0.3, 0.4) is 0 Å². The zero-order chi connectivity index (χ0) is 22.0. The molecule has 172 valence electrons. The highest BCUT2D eigenvalue weighted by Crippen LogP contribution is 2.31.